The van der Waals surface area contributed by atoms with Crippen molar-refractivity contribution in [3.63, 3.8) is 0 Å². The van der Waals surface area contributed by atoms with E-state index in [1.165, 1.54) is 7.11 Å². The van der Waals surface area contributed by atoms with Gasteiger partial charge in [-0.15, -0.1) is 0 Å². The van der Waals surface area contributed by atoms with Crippen LogP contribution in [0.25, 0.3) is 0 Å². The van der Waals surface area contributed by atoms with Gasteiger partial charge < -0.3 is 10.1 Å². The van der Waals surface area contributed by atoms with Crippen molar-refractivity contribution >= 4 is 12.1 Å². The second-order valence-corrected chi connectivity index (χ2v) is 1.90. The Morgan fingerprint density at radius 2 is 2.17 bits per heavy atom. The SMILES string of the molecule is C/C=C/CNC(=O)NC(=O)OC. The molecule has 0 unspecified atom stereocenters. The summed E-state index contributed by atoms with van der Waals surface area (Å²) >= 11 is 0. The molecule has 0 aromatic rings. The van der Waals surface area contributed by atoms with Gasteiger partial charge in [-0.1, -0.05) is 12.2 Å². The van der Waals surface area contributed by atoms with E-state index in [4.69, 9.17) is 0 Å². The van der Waals surface area contributed by atoms with Crippen LogP contribution < -0.4 is 10.6 Å². The van der Waals surface area contributed by atoms with Crippen LogP contribution in [0.1, 0.15) is 6.92 Å². The van der Waals surface area contributed by atoms with E-state index in [0.717, 1.165) is 0 Å². The first-order chi connectivity index (χ1) is 5.70. The number of methoxy groups -OCH3 is 1. The van der Waals surface area contributed by atoms with Gasteiger partial charge in [-0.2, -0.15) is 0 Å². The number of amides is 3. The first-order valence-electron chi connectivity index (χ1n) is 3.44. The first kappa shape index (κ1) is 10.5. The number of nitrogens with one attached hydrogen (secondary N) is 2. The van der Waals surface area contributed by atoms with Crippen LogP contribution >= 0.6 is 0 Å². The van der Waals surface area contributed by atoms with Crippen LogP contribution in [-0.4, -0.2) is 25.8 Å². The third-order valence-electron chi connectivity index (χ3n) is 1.02. The average Bonchev–Trinajstić information content (AvgIpc) is 2.05. The molecule has 0 bridgehead atoms. The van der Waals surface area contributed by atoms with E-state index in [1.54, 1.807) is 12.2 Å². The van der Waals surface area contributed by atoms with Crippen LogP contribution in [0.3, 0.4) is 0 Å². The molecule has 5 heteroatoms. The highest BCUT2D eigenvalue weighted by Gasteiger charge is 2.03. The summed E-state index contributed by atoms with van der Waals surface area (Å²) in [6, 6.07) is -0.569. The number of alkyl carbamates (subject to hydrolysis) is 1. The smallest absolute Gasteiger partial charge is 0.415 e. The molecular formula is C7H12N2O3. The quantitative estimate of drug-likeness (QED) is 0.600. The maximum atomic E-state index is 10.7. The number of hydrogen-bond acceptors (Lipinski definition) is 3. The number of carbonyl (C=O) groups excluding carboxylic acids is 2. The van der Waals surface area contributed by atoms with Crippen molar-refractivity contribution in [1.82, 2.24) is 10.6 Å². The van der Waals surface area contributed by atoms with E-state index in [2.05, 4.69) is 10.1 Å². The Labute approximate surface area is 70.8 Å². The molecule has 0 aliphatic heterocycles. The minimum absolute atomic E-state index is 0.388. The summed E-state index contributed by atoms with van der Waals surface area (Å²) in [6.45, 7) is 2.22. The molecule has 0 saturated carbocycles. The van der Waals surface area contributed by atoms with E-state index in [0.29, 0.717) is 6.54 Å². The first-order valence-corrected chi connectivity index (χ1v) is 3.44. The summed E-state index contributed by atoms with van der Waals surface area (Å²) in [6.07, 6.45) is 2.77. The van der Waals surface area contributed by atoms with Crippen molar-refractivity contribution in [1.29, 1.82) is 0 Å². The highest BCUT2D eigenvalue weighted by Crippen LogP contribution is 1.72. The average molecular weight is 172 g/mol. The second-order valence-electron chi connectivity index (χ2n) is 1.90. The van der Waals surface area contributed by atoms with Gasteiger partial charge in [0.15, 0.2) is 0 Å². The van der Waals surface area contributed by atoms with Crippen molar-refractivity contribution in [2.45, 2.75) is 6.92 Å². The van der Waals surface area contributed by atoms with E-state index in [1.807, 2.05) is 12.2 Å². The molecule has 68 valence electrons. The largest absolute Gasteiger partial charge is 0.453 e. The van der Waals surface area contributed by atoms with Gasteiger partial charge in [0.25, 0.3) is 0 Å². The zero-order valence-corrected chi connectivity index (χ0v) is 7.09. The Morgan fingerprint density at radius 3 is 2.67 bits per heavy atom. The number of imide groups is 1. The Balaban J connectivity index is 3.53. The van der Waals surface area contributed by atoms with E-state index in [-0.39, 0.29) is 0 Å². The van der Waals surface area contributed by atoms with Gasteiger partial charge in [0.1, 0.15) is 0 Å². The number of ether oxygens (including phenoxy) is 1. The topological polar surface area (TPSA) is 67.4 Å². The summed E-state index contributed by atoms with van der Waals surface area (Å²) in [5.74, 6) is 0. The highest BCUT2D eigenvalue weighted by molar-refractivity contribution is 5.90. The van der Waals surface area contributed by atoms with Crippen molar-refractivity contribution in [3.05, 3.63) is 12.2 Å². The van der Waals surface area contributed by atoms with Crippen LogP contribution in [0.2, 0.25) is 0 Å². The summed E-state index contributed by atoms with van der Waals surface area (Å²) in [7, 11) is 1.19. The van der Waals surface area contributed by atoms with Gasteiger partial charge in [0, 0.05) is 6.54 Å². The molecule has 0 radical (unpaired) electrons. The molecule has 0 aromatic carbocycles. The molecule has 0 saturated heterocycles. The van der Waals surface area contributed by atoms with Crippen LogP contribution in [0.4, 0.5) is 9.59 Å². The van der Waals surface area contributed by atoms with Crippen molar-refractivity contribution in [3.8, 4) is 0 Å². The van der Waals surface area contributed by atoms with Gasteiger partial charge in [-0.05, 0) is 6.92 Å². The maximum absolute atomic E-state index is 10.7. The summed E-state index contributed by atoms with van der Waals surface area (Å²) in [4.78, 5) is 21.2. The minimum Gasteiger partial charge on any atom is -0.453 e. The molecule has 3 amide bonds. The standard InChI is InChI=1S/C7H12N2O3/c1-3-4-5-8-6(10)9-7(11)12-2/h3-4H,5H2,1-2H3,(H2,8,9,10,11)/b4-3+. The summed E-state index contributed by atoms with van der Waals surface area (Å²) < 4.78 is 4.20. The molecule has 0 aromatic heterocycles. The van der Waals surface area contributed by atoms with Gasteiger partial charge in [0.2, 0.25) is 0 Å². The van der Waals surface area contributed by atoms with Crippen LogP contribution in [0, 0.1) is 0 Å². The molecule has 2 N–H and O–H groups in total. The minimum atomic E-state index is -0.770. The fourth-order valence-electron chi connectivity index (χ4n) is 0.457. The van der Waals surface area contributed by atoms with E-state index in [9.17, 15) is 9.59 Å². The van der Waals surface area contributed by atoms with Gasteiger partial charge in [-0.3, -0.25) is 0 Å². The van der Waals surface area contributed by atoms with Gasteiger partial charge >= 0.3 is 12.1 Å². The normalized spacial score (nSPS) is 9.50. The third-order valence-corrected chi connectivity index (χ3v) is 1.02. The van der Waals surface area contributed by atoms with Crippen molar-refractivity contribution in [2.24, 2.45) is 0 Å². The molecule has 0 heterocycles. The molecule has 0 spiro atoms. The predicted molar refractivity (Wildman–Crippen MR) is 43.8 cm³/mol. The Morgan fingerprint density at radius 1 is 1.50 bits per heavy atom. The number of carbonyl (C=O) groups is 2. The molecular weight excluding hydrogens is 160 g/mol. The second kappa shape index (κ2) is 6.21. The third kappa shape index (κ3) is 5.28. The molecule has 0 aliphatic carbocycles. The fourth-order valence-corrected chi connectivity index (χ4v) is 0.457. The summed E-state index contributed by atoms with van der Waals surface area (Å²) in [5, 5.41) is 4.35. The van der Waals surface area contributed by atoms with Crippen LogP contribution in [-0.2, 0) is 4.74 Å². The van der Waals surface area contributed by atoms with E-state index < -0.39 is 12.1 Å². The van der Waals surface area contributed by atoms with Gasteiger partial charge in [-0.25, -0.2) is 14.9 Å². The van der Waals surface area contributed by atoms with Crippen LogP contribution in [0.5, 0.6) is 0 Å². The fraction of sp³-hybridized carbons (Fsp3) is 0.429. The lowest BCUT2D eigenvalue weighted by Gasteiger charge is -2.02. The zero-order valence-electron chi connectivity index (χ0n) is 7.09. The van der Waals surface area contributed by atoms with Crippen LogP contribution in [0.15, 0.2) is 12.2 Å². The Kier molecular flexibility index (Phi) is 5.42. The predicted octanol–water partition coefficient (Wildman–Crippen LogP) is 0.628. The molecule has 0 aliphatic rings. The number of urea groups is 1. The maximum Gasteiger partial charge on any atom is 0.415 e. The Bertz CT molecular complexity index is 189. The molecule has 12 heavy (non-hydrogen) atoms. The van der Waals surface area contributed by atoms with Crippen molar-refractivity contribution < 1.29 is 14.3 Å². The number of hydrogen-bond donors (Lipinski definition) is 2. The molecule has 5 nitrogen and oxygen atoms in total. The zero-order chi connectivity index (χ0) is 9.40. The van der Waals surface area contributed by atoms with Gasteiger partial charge in [0.05, 0.1) is 7.11 Å². The number of rotatable bonds is 2. The monoisotopic (exact) mass is 172 g/mol. The lowest BCUT2D eigenvalue weighted by molar-refractivity contribution is 0.170. The Hall–Kier alpha value is -1.52. The number of allylic oxidation sites excluding steroid dienone is 1. The highest BCUT2D eigenvalue weighted by atomic mass is 16.5. The lowest BCUT2D eigenvalue weighted by atomic mass is 10.5. The van der Waals surface area contributed by atoms with Crippen molar-refractivity contribution in [2.75, 3.05) is 13.7 Å². The van der Waals surface area contributed by atoms with E-state index >= 15 is 0 Å². The summed E-state index contributed by atoms with van der Waals surface area (Å²) in [5.41, 5.74) is 0. The molecule has 0 rings (SSSR count). The lowest BCUT2D eigenvalue weighted by Crippen LogP contribution is -2.39. The molecule has 0 atom stereocenters. The molecule has 0 fully saturated rings.